The number of halogens is 1. The molecule has 0 N–H and O–H groups in total. The fourth-order valence-corrected chi connectivity index (χ4v) is 2.77. The minimum absolute atomic E-state index is 0.0654. The van der Waals surface area contributed by atoms with Crippen molar-refractivity contribution in [1.82, 2.24) is 9.80 Å². The third kappa shape index (κ3) is 3.85. The number of carbonyl (C=O) groups is 3. The Morgan fingerprint density at radius 1 is 0.926 bits per heavy atom. The highest BCUT2D eigenvalue weighted by Gasteiger charge is 2.37. The van der Waals surface area contributed by atoms with E-state index in [2.05, 4.69) is 0 Å². The number of hydrogen-bond acceptors (Lipinski definition) is 4. The quantitative estimate of drug-likeness (QED) is 0.599. The number of rotatable bonds is 4. The molecule has 2 aromatic rings. The number of imide groups is 2. The van der Waals surface area contributed by atoms with Gasteiger partial charge in [0.15, 0.2) is 0 Å². The van der Waals surface area contributed by atoms with E-state index >= 15 is 0 Å². The third-order valence-corrected chi connectivity index (χ3v) is 4.56. The molecule has 0 radical (unpaired) electrons. The summed E-state index contributed by atoms with van der Waals surface area (Å²) < 4.78 is 5.71. The van der Waals surface area contributed by atoms with Gasteiger partial charge < -0.3 is 4.74 Å². The molecule has 1 aliphatic heterocycles. The van der Waals surface area contributed by atoms with Gasteiger partial charge >= 0.3 is 6.03 Å². The molecule has 0 unspecified atom stereocenters. The molecule has 4 amide bonds. The van der Waals surface area contributed by atoms with Crippen molar-refractivity contribution in [2.24, 2.45) is 0 Å². The van der Waals surface area contributed by atoms with Crippen LogP contribution in [0.2, 0.25) is 5.02 Å². The van der Waals surface area contributed by atoms with Gasteiger partial charge in [-0.15, -0.1) is 0 Å². The van der Waals surface area contributed by atoms with E-state index in [0.717, 1.165) is 15.4 Å². The number of nitrogens with zero attached hydrogens (tertiary/aromatic N) is 2. The Kier molecular flexibility index (Phi) is 5.28. The van der Waals surface area contributed by atoms with E-state index in [9.17, 15) is 14.4 Å². The van der Waals surface area contributed by atoms with E-state index in [1.165, 1.54) is 20.2 Å². The number of ether oxygens (including phenoxy) is 1. The summed E-state index contributed by atoms with van der Waals surface area (Å²) >= 11 is 6.10. The van der Waals surface area contributed by atoms with Crippen molar-refractivity contribution in [3.05, 3.63) is 70.3 Å². The number of amides is 4. The van der Waals surface area contributed by atoms with Crippen LogP contribution in [0.3, 0.4) is 0 Å². The molecule has 0 aromatic heterocycles. The van der Waals surface area contributed by atoms with Gasteiger partial charge in [0.1, 0.15) is 17.9 Å². The largest absolute Gasteiger partial charge is 0.489 e. The molecule has 1 heterocycles. The minimum atomic E-state index is -0.648. The topological polar surface area (TPSA) is 66.9 Å². The lowest BCUT2D eigenvalue weighted by atomic mass is 10.1. The lowest BCUT2D eigenvalue weighted by molar-refractivity contribution is -0.134. The summed E-state index contributed by atoms with van der Waals surface area (Å²) in [6, 6.07) is 13.7. The normalized spacial score (nSPS) is 14.6. The van der Waals surface area contributed by atoms with Crippen LogP contribution >= 0.6 is 11.6 Å². The van der Waals surface area contributed by atoms with Crippen molar-refractivity contribution < 1.29 is 19.1 Å². The summed E-state index contributed by atoms with van der Waals surface area (Å²) in [4.78, 5) is 38.0. The highest BCUT2D eigenvalue weighted by atomic mass is 35.5. The third-order valence-electron chi connectivity index (χ3n) is 4.19. The predicted octanol–water partition coefficient (Wildman–Crippen LogP) is 3.35. The second-order valence-corrected chi connectivity index (χ2v) is 6.43. The monoisotopic (exact) mass is 384 g/mol. The molecule has 0 saturated carbocycles. The zero-order valence-corrected chi connectivity index (χ0v) is 15.6. The van der Waals surface area contributed by atoms with E-state index < -0.39 is 17.8 Å². The highest BCUT2D eigenvalue weighted by Crippen LogP contribution is 2.21. The second-order valence-electron chi connectivity index (χ2n) is 6.02. The van der Waals surface area contributed by atoms with Gasteiger partial charge in [0.25, 0.3) is 11.8 Å². The first-order valence-electron chi connectivity index (χ1n) is 8.16. The molecule has 1 fully saturated rings. The summed E-state index contributed by atoms with van der Waals surface area (Å²) in [7, 11) is 2.68. The van der Waals surface area contributed by atoms with Crippen LogP contribution in [0.4, 0.5) is 4.79 Å². The fraction of sp³-hybridized carbons (Fsp3) is 0.150. The van der Waals surface area contributed by atoms with Crippen molar-refractivity contribution in [3.8, 4) is 5.75 Å². The van der Waals surface area contributed by atoms with E-state index in [4.69, 9.17) is 16.3 Å². The summed E-state index contributed by atoms with van der Waals surface area (Å²) in [5, 5.41) is 0.635. The minimum Gasteiger partial charge on any atom is -0.489 e. The molecular weight excluding hydrogens is 368 g/mol. The van der Waals surface area contributed by atoms with Crippen LogP contribution in [-0.2, 0) is 16.2 Å². The molecule has 3 rings (SSSR count). The molecule has 138 valence electrons. The Balaban J connectivity index is 1.74. The Hall–Kier alpha value is -3.12. The zero-order valence-electron chi connectivity index (χ0n) is 14.8. The van der Waals surface area contributed by atoms with Gasteiger partial charge in [-0.25, -0.2) is 4.79 Å². The highest BCUT2D eigenvalue weighted by molar-refractivity contribution is 6.31. The number of barbiturate groups is 1. The van der Waals surface area contributed by atoms with Crippen LogP contribution < -0.4 is 4.74 Å². The Morgan fingerprint density at radius 3 is 2.11 bits per heavy atom. The molecule has 27 heavy (non-hydrogen) atoms. The first-order valence-corrected chi connectivity index (χ1v) is 8.54. The van der Waals surface area contributed by atoms with Gasteiger partial charge in [0.2, 0.25) is 0 Å². The molecule has 0 atom stereocenters. The fourth-order valence-electron chi connectivity index (χ4n) is 2.58. The lowest BCUT2D eigenvalue weighted by Gasteiger charge is -2.28. The Morgan fingerprint density at radius 2 is 1.52 bits per heavy atom. The average Bonchev–Trinajstić information content (AvgIpc) is 2.68. The zero-order chi connectivity index (χ0) is 19.6. The molecular formula is C20H17ClN2O4. The van der Waals surface area contributed by atoms with Crippen molar-refractivity contribution >= 4 is 35.5 Å². The van der Waals surface area contributed by atoms with Crippen LogP contribution in [0, 0.1) is 0 Å². The van der Waals surface area contributed by atoms with Crippen LogP contribution in [0.1, 0.15) is 11.1 Å². The molecule has 6 nitrogen and oxygen atoms in total. The SMILES string of the molecule is CN1C(=O)C(=Cc2ccc(OCc3ccccc3Cl)cc2)C(=O)N(C)C1=O. The number of likely N-dealkylation sites (N-methyl/N-ethyl adjacent to an activating group) is 2. The van der Waals surface area contributed by atoms with E-state index in [-0.39, 0.29) is 5.57 Å². The maximum Gasteiger partial charge on any atom is 0.333 e. The van der Waals surface area contributed by atoms with Crippen LogP contribution in [0.5, 0.6) is 5.75 Å². The predicted molar refractivity (Wildman–Crippen MR) is 101 cm³/mol. The van der Waals surface area contributed by atoms with Gasteiger partial charge in [0.05, 0.1) is 0 Å². The van der Waals surface area contributed by atoms with Gasteiger partial charge in [-0.05, 0) is 29.8 Å². The summed E-state index contributed by atoms with van der Waals surface area (Å²) in [6.07, 6.45) is 1.46. The molecule has 1 saturated heterocycles. The van der Waals surface area contributed by atoms with Crippen LogP contribution in [0.15, 0.2) is 54.1 Å². The second kappa shape index (κ2) is 7.63. The lowest BCUT2D eigenvalue weighted by Crippen LogP contribution is -2.52. The van der Waals surface area contributed by atoms with E-state index in [1.807, 2.05) is 18.2 Å². The van der Waals surface area contributed by atoms with Crippen LogP contribution in [0.25, 0.3) is 6.08 Å². The molecule has 0 aliphatic carbocycles. The smallest absolute Gasteiger partial charge is 0.333 e. The summed E-state index contributed by atoms with van der Waals surface area (Å²) in [5.41, 5.74) is 1.46. The van der Waals surface area contributed by atoms with Gasteiger partial charge in [-0.2, -0.15) is 0 Å². The van der Waals surface area contributed by atoms with E-state index in [1.54, 1.807) is 30.3 Å². The Bertz CT molecular complexity index is 911. The molecule has 7 heteroatoms. The number of hydrogen-bond donors (Lipinski definition) is 0. The molecule has 0 bridgehead atoms. The van der Waals surface area contributed by atoms with Gasteiger partial charge in [-0.3, -0.25) is 19.4 Å². The Labute approximate surface area is 161 Å². The maximum atomic E-state index is 12.2. The van der Waals surface area contributed by atoms with Gasteiger partial charge in [0, 0.05) is 24.7 Å². The standard InChI is InChI=1S/C20H17ClN2O4/c1-22-18(24)16(19(25)23(2)20(22)26)11-13-7-9-15(10-8-13)27-12-14-5-3-4-6-17(14)21/h3-11H,12H2,1-2H3. The van der Waals surface area contributed by atoms with Gasteiger partial charge in [-0.1, -0.05) is 41.9 Å². The van der Waals surface area contributed by atoms with Crippen molar-refractivity contribution in [2.45, 2.75) is 6.61 Å². The number of benzene rings is 2. The molecule has 2 aromatic carbocycles. The molecule has 0 spiro atoms. The average molecular weight is 385 g/mol. The first kappa shape index (κ1) is 18.7. The van der Waals surface area contributed by atoms with Crippen molar-refractivity contribution in [3.63, 3.8) is 0 Å². The summed E-state index contributed by atoms with van der Waals surface area (Å²) in [6.45, 7) is 0.328. The van der Waals surface area contributed by atoms with Crippen molar-refractivity contribution in [2.75, 3.05) is 14.1 Å². The van der Waals surface area contributed by atoms with E-state index in [0.29, 0.717) is 22.9 Å². The number of urea groups is 1. The van der Waals surface area contributed by atoms with Crippen LogP contribution in [-0.4, -0.2) is 41.7 Å². The summed E-state index contributed by atoms with van der Waals surface area (Å²) in [5.74, 6) is -0.618. The maximum absolute atomic E-state index is 12.2. The number of carbonyl (C=O) groups excluding carboxylic acids is 3. The molecule has 1 aliphatic rings. The van der Waals surface area contributed by atoms with Crippen molar-refractivity contribution in [1.29, 1.82) is 0 Å². The first-order chi connectivity index (χ1) is 12.9.